The summed E-state index contributed by atoms with van der Waals surface area (Å²) in [5, 5.41) is 3.51. The molecule has 0 aromatic carbocycles. The first-order valence-corrected chi connectivity index (χ1v) is 12.1. The van der Waals surface area contributed by atoms with Crippen LogP contribution in [-0.4, -0.2) is 71.5 Å². The molecule has 32 heavy (non-hydrogen) atoms. The van der Waals surface area contributed by atoms with E-state index in [1.807, 2.05) is 11.9 Å². The molecule has 3 aliphatic rings. The molecule has 1 saturated carbocycles. The highest BCUT2D eigenvalue weighted by Crippen LogP contribution is 2.40. The summed E-state index contributed by atoms with van der Waals surface area (Å²) in [5.74, 6) is 2.08. The van der Waals surface area contributed by atoms with Gasteiger partial charge in [0, 0.05) is 32.2 Å². The van der Waals surface area contributed by atoms with Gasteiger partial charge in [-0.25, -0.2) is 4.98 Å². The second-order valence-corrected chi connectivity index (χ2v) is 9.42. The number of nitrogens with zero attached hydrogens (tertiary/aromatic N) is 5. The van der Waals surface area contributed by atoms with Crippen LogP contribution in [0.3, 0.4) is 0 Å². The fraction of sp³-hybridized carbons (Fsp3) is 0.739. The van der Waals surface area contributed by atoms with Gasteiger partial charge in [-0.1, -0.05) is 19.8 Å². The summed E-state index contributed by atoms with van der Waals surface area (Å²) in [7, 11) is 1.82. The minimum Gasteiger partial charge on any atom is -0.351 e. The fourth-order valence-electron chi connectivity index (χ4n) is 5.55. The third-order valence-corrected chi connectivity index (χ3v) is 7.54. The third kappa shape index (κ3) is 4.27. The Hall–Kier alpha value is -2.42. The lowest BCUT2D eigenvalue weighted by molar-refractivity contribution is -0.131. The standard InChI is InChI=1S/C23H37N7O2/c1-4-18-22(32)28(3)19-14-25-23(27-21(19)30(18)17-7-5-6-8-17)26-15(2)16-9-11-29(12-10-16)20(31)13-24/h14-18H,4-13,24H2,1-3H3,(H,25,26,27)/t15-,18-/m1/s1. The van der Waals surface area contributed by atoms with E-state index in [1.54, 1.807) is 11.1 Å². The van der Waals surface area contributed by atoms with E-state index >= 15 is 0 Å². The van der Waals surface area contributed by atoms with Crippen molar-refractivity contribution in [2.45, 2.75) is 76.9 Å². The maximum Gasteiger partial charge on any atom is 0.249 e. The average molecular weight is 444 g/mol. The lowest BCUT2D eigenvalue weighted by atomic mass is 9.90. The van der Waals surface area contributed by atoms with Crippen LogP contribution in [0.2, 0.25) is 0 Å². The van der Waals surface area contributed by atoms with Crippen molar-refractivity contribution in [3.63, 3.8) is 0 Å². The van der Waals surface area contributed by atoms with Gasteiger partial charge in [0.1, 0.15) is 11.7 Å². The molecule has 0 radical (unpaired) electrons. The summed E-state index contributed by atoms with van der Waals surface area (Å²) in [6.45, 7) is 5.81. The van der Waals surface area contributed by atoms with E-state index in [0.29, 0.717) is 17.9 Å². The molecule has 2 aliphatic heterocycles. The normalized spacial score (nSPS) is 23.4. The summed E-state index contributed by atoms with van der Waals surface area (Å²) in [6.07, 6.45) is 9.05. The van der Waals surface area contributed by atoms with E-state index in [-0.39, 0.29) is 30.4 Å². The van der Waals surface area contributed by atoms with Crippen molar-refractivity contribution in [1.29, 1.82) is 0 Å². The van der Waals surface area contributed by atoms with Gasteiger partial charge in [0.2, 0.25) is 17.8 Å². The number of likely N-dealkylation sites (tertiary alicyclic amines) is 1. The van der Waals surface area contributed by atoms with Gasteiger partial charge in [-0.05, 0) is 44.9 Å². The SMILES string of the molecule is CC[C@@H]1C(=O)N(C)c2cnc(N[C@H](C)C3CCN(C(=O)CN)CC3)nc2N1C1CCCC1. The van der Waals surface area contributed by atoms with Crippen molar-refractivity contribution in [2.75, 3.05) is 41.8 Å². The predicted molar refractivity (Wildman–Crippen MR) is 126 cm³/mol. The van der Waals surface area contributed by atoms with E-state index in [4.69, 9.17) is 10.7 Å². The number of nitrogens with two attached hydrogens (primary N) is 1. The molecule has 1 aromatic heterocycles. The molecule has 2 fully saturated rings. The van der Waals surface area contributed by atoms with Gasteiger partial charge in [0.25, 0.3) is 0 Å². The number of hydrogen-bond acceptors (Lipinski definition) is 7. The quantitative estimate of drug-likeness (QED) is 0.692. The number of carbonyl (C=O) groups excluding carboxylic acids is 2. The molecule has 176 valence electrons. The van der Waals surface area contributed by atoms with Gasteiger partial charge in [-0.2, -0.15) is 4.98 Å². The van der Waals surface area contributed by atoms with E-state index in [0.717, 1.165) is 56.7 Å². The molecule has 3 heterocycles. The molecule has 4 rings (SSSR count). The highest BCUT2D eigenvalue weighted by atomic mass is 16.2. The summed E-state index contributed by atoms with van der Waals surface area (Å²) >= 11 is 0. The highest BCUT2D eigenvalue weighted by Gasteiger charge is 2.41. The van der Waals surface area contributed by atoms with Crippen LogP contribution in [0.4, 0.5) is 17.5 Å². The molecule has 2 amide bonds. The van der Waals surface area contributed by atoms with Crippen LogP contribution < -0.4 is 20.9 Å². The van der Waals surface area contributed by atoms with Gasteiger partial charge < -0.3 is 25.8 Å². The zero-order valence-corrected chi connectivity index (χ0v) is 19.6. The van der Waals surface area contributed by atoms with Crippen LogP contribution in [0.5, 0.6) is 0 Å². The summed E-state index contributed by atoms with van der Waals surface area (Å²) in [6, 6.07) is 0.383. The predicted octanol–water partition coefficient (Wildman–Crippen LogP) is 1.98. The molecule has 0 unspecified atom stereocenters. The zero-order chi connectivity index (χ0) is 22.8. The maximum absolute atomic E-state index is 13.0. The van der Waals surface area contributed by atoms with Crippen molar-refractivity contribution in [3.8, 4) is 0 Å². The van der Waals surface area contributed by atoms with Crippen LogP contribution in [-0.2, 0) is 9.59 Å². The molecule has 9 nitrogen and oxygen atoms in total. The number of nitrogens with one attached hydrogen (secondary N) is 1. The van der Waals surface area contributed by atoms with E-state index in [1.165, 1.54) is 12.8 Å². The Morgan fingerprint density at radius 1 is 1.25 bits per heavy atom. The molecule has 9 heteroatoms. The summed E-state index contributed by atoms with van der Waals surface area (Å²) < 4.78 is 0. The Labute approximate surface area is 190 Å². The summed E-state index contributed by atoms with van der Waals surface area (Å²) in [4.78, 5) is 40.2. The fourth-order valence-corrected chi connectivity index (χ4v) is 5.55. The first-order chi connectivity index (χ1) is 15.4. The first kappa shape index (κ1) is 22.8. The van der Waals surface area contributed by atoms with Gasteiger partial charge in [-0.15, -0.1) is 0 Å². The van der Waals surface area contributed by atoms with Gasteiger partial charge in [0.15, 0.2) is 5.82 Å². The number of anilines is 3. The number of hydrogen-bond donors (Lipinski definition) is 2. The number of fused-ring (bicyclic) bond motifs is 1. The van der Waals surface area contributed by atoms with Crippen LogP contribution in [0.1, 0.15) is 58.8 Å². The minimum atomic E-state index is -0.166. The second-order valence-electron chi connectivity index (χ2n) is 9.42. The monoisotopic (exact) mass is 443 g/mol. The number of carbonyl (C=O) groups is 2. The van der Waals surface area contributed by atoms with Crippen molar-refractivity contribution >= 4 is 29.3 Å². The Bertz CT molecular complexity index is 834. The molecule has 3 N–H and O–H groups in total. The lowest BCUT2D eigenvalue weighted by Gasteiger charge is -2.43. The smallest absolute Gasteiger partial charge is 0.249 e. The van der Waals surface area contributed by atoms with Crippen LogP contribution in [0, 0.1) is 5.92 Å². The number of likely N-dealkylation sites (N-methyl/N-ethyl adjacent to an activating group) is 1. The van der Waals surface area contributed by atoms with Crippen molar-refractivity contribution in [3.05, 3.63) is 6.20 Å². The number of piperidine rings is 1. The molecule has 1 aromatic rings. The second kappa shape index (κ2) is 9.60. The Kier molecular flexibility index (Phi) is 6.83. The lowest BCUT2D eigenvalue weighted by Crippen LogP contribution is -2.55. The molecule has 0 spiro atoms. The largest absolute Gasteiger partial charge is 0.351 e. The first-order valence-electron chi connectivity index (χ1n) is 12.1. The van der Waals surface area contributed by atoms with Gasteiger partial charge in [0.05, 0.1) is 12.7 Å². The Morgan fingerprint density at radius 2 is 1.94 bits per heavy atom. The van der Waals surface area contributed by atoms with Crippen LogP contribution >= 0.6 is 0 Å². The van der Waals surface area contributed by atoms with Crippen molar-refractivity contribution in [1.82, 2.24) is 14.9 Å². The molecule has 1 aliphatic carbocycles. The zero-order valence-electron chi connectivity index (χ0n) is 19.6. The van der Waals surface area contributed by atoms with Crippen molar-refractivity contribution in [2.24, 2.45) is 11.7 Å². The minimum absolute atomic E-state index is 0.0261. The number of rotatable bonds is 6. The Morgan fingerprint density at radius 3 is 2.56 bits per heavy atom. The maximum atomic E-state index is 13.0. The van der Waals surface area contributed by atoms with Crippen LogP contribution in [0.25, 0.3) is 0 Å². The van der Waals surface area contributed by atoms with Crippen molar-refractivity contribution < 1.29 is 9.59 Å². The third-order valence-electron chi connectivity index (χ3n) is 7.54. The molecular formula is C23H37N7O2. The molecule has 2 atom stereocenters. The Balaban J connectivity index is 1.51. The highest BCUT2D eigenvalue weighted by molar-refractivity contribution is 6.04. The summed E-state index contributed by atoms with van der Waals surface area (Å²) in [5.41, 5.74) is 6.29. The van der Waals surface area contributed by atoms with Gasteiger partial charge >= 0.3 is 0 Å². The van der Waals surface area contributed by atoms with E-state index < -0.39 is 0 Å². The number of aromatic nitrogens is 2. The molecule has 0 bridgehead atoms. The van der Waals surface area contributed by atoms with E-state index in [2.05, 4.69) is 29.0 Å². The average Bonchev–Trinajstić information content (AvgIpc) is 3.35. The number of amides is 2. The van der Waals surface area contributed by atoms with E-state index in [9.17, 15) is 9.59 Å². The molecule has 1 saturated heterocycles. The van der Waals surface area contributed by atoms with Gasteiger partial charge in [-0.3, -0.25) is 9.59 Å². The topological polar surface area (TPSA) is 108 Å². The molecular weight excluding hydrogens is 406 g/mol. The van der Waals surface area contributed by atoms with Crippen LogP contribution in [0.15, 0.2) is 6.20 Å².